The van der Waals surface area contributed by atoms with Crippen molar-refractivity contribution in [3.8, 4) is 0 Å². The van der Waals surface area contributed by atoms with E-state index < -0.39 is 7.26 Å². The van der Waals surface area contributed by atoms with Gasteiger partial charge in [0.1, 0.15) is 28.5 Å². The first-order valence-corrected chi connectivity index (χ1v) is 13.1. The molecule has 0 unspecified atom stereocenters. The summed E-state index contributed by atoms with van der Waals surface area (Å²) >= 11 is 0. The van der Waals surface area contributed by atoms with Crippen molar-refractivity contribution in [3.63, 3.8) is 0 Å². The highest BCUT2D eigenvalue weighted by Gasteiger charge is 2.48. The lowest BCUT2D eigenvalue weighted by Gasteiger charge is -2.29. The lowest BCUT2D eigenvalue weighted by Crippen LogP contribution is -2.39. The summed E-state index contributed by atoms with van der Waals surface area (Å²) in [6, 6.07) is 53.5. The van der Waals surface area contributed by atoms with Crippen LogP contribution in [0, 0.1) is 0 Å². The summed E-state index contributed by atoms with van der Waals surface area (Å²) in [6.07, 6.45) is 0. The first-order chi connectivity index (χ1) is 16.4. The molecule has 1 heteroatoms. The number of hydrogen-bond acceptors (Lipinski definition) is 0. The quantitative estimate of drug-likeness (QED) is 0.214. The van der Waals surface area contributed by atoms with E-state index in [1.807, 2.05) is 0 Å². The minimum atomic E-state index is -2.16. The number of fused-ring (bicyclic) bond motifs is 3. The molecule has 0 radical (unpaired) electrons. The Morgan fingerprint density at radius 1 is 0.333 bits per heavy atom. The Labute approximate surface area is 195 Å². The van der Waals surface area contributed by atoms with Gasteiger partial charge in [-0.05, 0) is 58.6 Å². The van der Waals surface area contributed by atoms with Gasteiger partial charge in [-0.15, -0.1) is 0 Å². The van der Waals surface area contributed by atoms with Crippen molar-refractivity contribution in [3.05, 3.63) is 146 Å². The highest BCUT2D eigenvalue weighted by molar-refractivity contribution is 8.01. The van der Waals surface area contributed by atoms with Gasteiger partial charge in [-0.2, -0.15) is 0 Å². The molecule has 0 aliphatic carbocycles. The second-order valence-corrected chi connectivity index (χ2v) is 11.7. The van der Waals surface area contributed by atoms with Crippen molar-refractivity contribution in [1.29, 1.82) is 0 Å². The van der Waals surface area contributed by atoms with E-state index in [0.717, 1.165) is 0 Å². The van der Waals surface area contributed by atoms with Gasteiger partial charge in [0, 0.05) is 5.39 Å². The highest BCUT2D eigenvalue weighted by Crippen LogP contribution is 2.56. The lowest BCUT2D eigenvalue weighted by molar-refractivity contribution is 1.72. The molecule has 0 spiro atoms. The Morgan fingerprint density at radius 3 is 1.24 bits per heavy atom. The van der Waals surface area contributed by atoms with E-state index in [9.17, 15) is 0 Å². The van der Waals surface area contributed by atoms with Gasteiger partial charge in [0.25, 0.3) is 0 Å². The molecule has 0 heterocycles. The van der Waals surface area contributed by atoms with E-state index in [4.69, 9.17) is 0 Å². The first-order valence-electron chi connectivity index (χ1n) is 11.4. The average Bonchev–Trinajstić information content (AvgIpc) is 2.91. The lowest BCUT2D eigenvalue weighted by atomic mass is 10.0. The minimum Gasteiger partial charge on any atom is -0.0620 e. The molecule has 0 nitrogen and oxygen atoms in total. The molecule has 0 aliphatic heterocycles. The Hall–Kier alpha value is -3.73. The standard InChI is InChI=1S/C32H24P/c1-4-15-26(16-5-1)33(27-17-6-2-7-18-27,28-19-8-3-9-20-28)32-24-25-14-10-11-21-29(25)30-22-12-13-23-31(30)32/h1-24H/q+1. The number of rotatable bonds is 4. The fourth-order valence-electron chi connectivity index (χ4n) is 5.13. The van der Waals surface area contributed by atoms with Crippen molar-refractivity contribution >= 4 is 50.0 Å². The summed E-state index contributed by atoms with van der Waals surface area (Å²) < 4.78 is 0. The van der Waals surface area contributed by atoms with E-state index in [1.165, 1.54) is 42.8 Å². The van der Waals surface area contributed by atoms with Crippen LogP contribution in [0.2, 0.25) is 0 Å². The van der Waals surface area contributed by atoms with E-state index >= 15 is 0 Å². The van der Waals surface area contributed by atoms with Gasteiger partial charge in [0.2, 0.25) is 0 Å². The second-order valence-electron chi connectivity index (χ2n) is 8.34. The minimum absolute atomic E-state index is 1.29. The summed E-state index contributed by atoms with van der Waals surface area (Å²) in [4.78, 5) is 0. The van der Waals surface area contributed by atoms with Crippen molar-refractivity contribution < 1.29 is 0 Å². The third-order valence-corrected chi connectivity index (χ3v) is 10.8. The van der Waals surface area contributed by atoms with Gasteiger partial charge in [-0.1, -0.05) is 103 Å². The molecule has 33 heavy (non-hydrogen) atoms. The maximum absolute atomic E-state index is 2.46. The third kappa shape index (κ3) is 3.18. The molecule has 6 rings (SSSR count). The molecule has 0 atom stereocenters. The topological polar surface area (TPSA) is 0 Å². The van der Waals surface area contributed by atoms with E-state index in [0.29, 0.717) is 0 Å². The van der Waals surface area contributed by atoms with Crippen LogP contribution < -0.4 is 21.2 Å². The van der Waals surface area contributed by atoms with Crippen LogP contribution in [0.4, 0.5) is 0 Å². The molecule has 0 aliphatic rings. The van der Waals surface area contributed by atoms with Crippen LogP contribution in [0.3, 0.4) is 0 Å². The molecule has 0 bridgehead atoms. The van der Waals surface area contributed by atoms with Crippen LogP contribution in [0.1, 0.15) is 0 Å². The maximum Gasteiger partial charge on any atom is 0.144 e. The van der Waals surface area contributed by atoms with Crippen LogP contribution in [0.5, 0.6) is 0 Å². The molecule has 0 saturated carbocycles. The van der Waals surface area contributed by atoms with Crippen LogP contribution in [0.25, 0.3) is 21.5 Å². The van der Waals surface area contributed by atoms with Crippen LogP contribution in [0.15, 0.2) is 146 Å². The highest BCUT2D eigenvalue weighted by atomic mass is 31.2. The van der Waals surface area contributed by atoms with Crippen molar-refractivity contribution in [1.82, 2.24) is 0 Å². The Bertz CT molecular complexity index is 1440. The monoisotopic (exact) mass is 439 g/mol. The number of hydrogen-bond donors (Lipinski definition) is 0. The van der Waals surface area contributed by atoms with Gasteiger partial charge in [-0.3, -0.25) is 0 Å². The van der Waals surface area contributed by atoms with Crippen molar-refractivity contribution in [2.45, 2.75) is 0 Å². The number of benzene rings is 6. The molecule has 0 aromatic heterocycles. The normalized spacial score (nSPS) is 11.6. The van der Waals surface area contributed by atoms with Gasteiger partial charge in [-0.25, -0.2) is 0 Å². The summed E-state index contributed by atoms with van der Waals surface area (Å²) in [6.45, 7) is 0. The van der Waals surface area contributed by atoms with Gasteiger partial charge < -0.3 is 0 Å². The first kappa shape index (κ1) is 19.9. The van der Waals surface area contributed by atoms with Crippen LogP contribution >= 0.6 is 7.26 Å². The summed E-state index contributed by atoms with van der Waals surface area (Å²) in [5.41, 5.74) is 0. The zero-order valence-corrected chi connectivity index (χ0v) is 19.2. The largest absolute Gasteiger partial charge is 0.144 e. The Morgan fingerprint density at radius 2 is 0.727 bits per heavy atom. The predicted octanol–water partition coefficient (Wildman–Crippen LogP) is 6.61. The molecule has 0 N–H and O–H groups in total. The van der Waals surface area contributed by atoms with Gasteiger partial charge >= 0.3 is 0 Å². The van der Waals surface area contributed by atoms with Crippen molar-refractivity contribution in [2.24, 2.45) is 0 Å². The van der Waals surface area contributed by atoms with E-state index in [-0.39, 0.29) is 0 Å². The molecule has 0 fully saturated rings. The molecule has 6 aromatic rings. The second kappa shape index (κ2) is 8.32. The zero-order chi connectivity index (χ0) is 22.1. The van der Waals surface area contributed by atoms with E-state index in [2.05, 4.69) is 146 Å². The molecular weight excluding hydrogens is 415 g/mol. The molecule has 6 aromatic carbocycles. The molecule has 0 amide bonds. The van der Waals surface area contributed by atoms with Gasteiger partial charge in [0.15, 0.2) is 0 Å². The van der Waals surface area contributed by atoms with Crippen molar-refractivity contribution in [2.75, 3.05) is 0 Å². The zero-order valence-electron chi connectivity index (χ0n) is 18.3. The fourth-order valence-corrected chi connectivity index (χ4v) is 9.61. The molecule has 0 saturated heterocycles. The Balaban J connectivity index is 1.87. The van der Waals surface area contributed by atoms with E-state index in [1.54, 1.807) is 0 Å². The summed E-state index contributed by atoms with van der Waals surface area (Å²) in [5.74, 6) is 0. The SMILES string of the molecule is c1ccc([P+](c2ccccc2)(c2ccccc2)c2cc3ccccc3c3ccccc23)cc1. The Kier molecular flexibility index (Phi) is 5.02. The average molecular weight is 440 g/mol. The maximum atomic E-state index is 2.46. The van der Waals surface area contributed by atoms with Crippen LogP contribution in [-0.2, 0) is 0 Å². The van der Waals surface area contributed by atoms with Gasteiger partial charge in [0.05, 0.1) is 0 Å². The summed E-state index contributed by atoms with van der Waals surface area (Å²) in [7, 11) is -2.16. The molecule has 156 valence electrons. The summed E-state index contributed by atoms with van der Waals surface area (Å²) in [5, 5.41) is 10.8. The smallest absolute Gasteiger partial charge is 0.0620 e. The van der Waals surface area contributed by atoms with Crippen LogP contribution in [-0.4, -0.2) is 0 Å². The predicted molar refractivity (Wildman–Crippen MR) is 146 cm³/mol. The molecular formula is C32H24P+. The third-order valence-electron chi connectivity index (χ3n) is 6.54. The fraction of sp³-hybridized carbons (Fsp3) is 0.